The van der Waals surface area contributed by atoms with Gasteiger partial charge in [0, 0.05) is 24.7 Å². The second kappa shape index (κ2) is 10.1. The lowest BCUT2D eigenvalue weighted by Gasteiger charge is -2.57. The van der Waals surface area contributed by atoms with Crippen molar-refractivity contribution in [2.45, 2.75) is 83.9 Å². The Morgan fingerprint density at radius 1 is 1.17 bits per heavy atom. The number of fused-ring (bicyclic) bond motifs is 2. The molecule has 1 saturated heterocycles. The van der Waals surface area contributed by atoms with Crippen molar-refractivity contribution in [2.75, 3.05) is 31.6 Å². The van der Waals surface area contributed by atoms with Gasteiger partial charge >= 0.3 is 5.97 Å². The van der Waals surface area contributed by atoms with Crippen LogP contribution in [0.2, 0.25) is 0 Å². The van der Waals surface area contributed by atoms with Crippen molar-refractivity contribution >= 4 is 11.8 Å². The summed E-state index contributed by atoms with van der Waals surface area (Å²) in [6.07, 6.45) is 9.72. The van der Waals surface area contributed by atoms with Crippen LogP contribution in [0.15, 0.2) is 30.3 Å². The van der Waals surface area contributed by atoms with Crippen LogP contribution in [-0.4, -0.2) is 46.8 Å². The number of quaternary nitrogens is 1. The van der Waals surface area contributed by atoms with Crippen LogP contribution in [0.4, 0.5) is 5.82 Å². The van der Waals surface area contributed by atoms with E-state index in [-0.39, 0.29) is 0 Å². The number of benzene rings is 1. The van der Waals surface area contributed by atoms with E-state index in [9.17, 15) is 9.90 Å². The van der Waals surface area contributed by atoms with Crippen molar-refractivity contribution in [1.82, 2.24) is 4.98 Å². The molecule has 2 aromatic rings. The fourth-order valence-electron chi connectivity index (χ4n) is 7.12. The molecule has 4 aliphatic rings. The van der Waals surface area contributed by atoms with Gasteiger partial charge in [-0.25, -0.2) is 9.78 Å². The van der Waals surface area contributed by atoms with E-state index in [4.69, 9.17) is 9.72 Å². The molecule has 194 valence electrons. The maximum atomic E-state index is 11.9. The largest absolute Gasteiger partial charge is 0.477 e. The Morgan fingerprint density at radius 2 is 2.00 bits per heavy atom. The predicted octanol–water partition coefficient (Wildman–Crippen LogP) is 5.60. The highest BCUT2D eigenvalue weighted by molar-refractivity contribution is 5.76. The van der Waals surface area contributed by atoms with Gasteiger partial charge in [0.1, 0.15) is 5.82 Å². The summed E-state index contributed by atoms with van der Waals surface area (Å²) in [5.41, 5.74) is 5.58. The molecular formula is C30H42N3O3+. The van der Waals surface area contributed by atoms with Crippen LogP contribution >= 0.6 is 0 Å². The molecule has 0 aliphatic carbocycles. The van der Waals surface area contributed by atoms with Crippen molar-refractivity contribution in [3.63, 3.8) is 0 Å². The third-order valence-corrected chi connectivity index (χ3v) is 8.79. The lowest BCUT2D eigenvalue weighted by atomic mass is 9.88. The monoisotopic (exact) mass is 492 g/mol. The topological polar surface area (TPSA) is 71.5 Å². The second-order valence-electron chi connectivity index (χ2n) is 11.4. The average Bonchev–Trinajstić information content (AvgIpc) is 3.09. The summed E-state index contributed by atoms with van der Waals surface area (Å²) < 4.78 is 6.74. The Kier molecular flexibility index (Phi) is 7.10. The molecule has 1 aromatic heterocycles. The highest BCUT2D eigenvalue weighted by Crippen LogP contribution is 2.59. The number of aromatic nitrogens is 1. The Labute approximate surface area is 215 Å². The van der Waals surface area contributed by atoms with Gasteiger partial charge in [0.05, 0.1) is 31.2 Å². The van der Waals surface area contributed by atoms with Crippen LogP contribution in [0.1, 0.15) is 86.9 Å². The smallest absolute Gasteiger partial charge is 0.367 e. The van der Waals surface area contributed by atoms with Crippen LogP contribution in [0, 0.1) is 5.92 Å². The minimum absolute atomic E-state index is 0.468. The molecule has 6 heteroatoms. The number of rotatable bonds is 6. The van der Waals surface area contributed by atoms with Crippen molar-refractivity contribution in [3.05, 3.63) is 58.3 Å². The Bertz CT molecular complexity index is 1110. The van der Waals surface area contributed by atoms with E-state index >= 15 is 0 Å². The number of hydrogen-bond donors (Lipinski definition) is 2. The summed E-state index contributed by atoms with van der Waals surface area (Å²) in [4.78, 5) is 16.6. The number of unbranched alkanes of at least 4 members (excludes halogenated alkanes) is 3. The Morgan fingerprint density at radius 3 is 2.75 bits per heavy atom. The highest BCUT2D eigenvalue weighted by atomic mass is 16.5. The molecule has 6 rings (SSSR count). The number of carboxylic acid groups (broad SMARTS) is 1. The highest BCUT2D eigenvalue weighted by Gasteiger charge is 2.70. The standard InChI is InChI=1S/C16H19NO3.C14H22N2/c1-10-8-17(9-10)14(15(18)19)12-5-3-4-11-6-7-20-16(17,2)13(11)12;1-2-3-4-5-8-13-10-9-12-7-6-11-15-14(12)16-13/h3-5,10,14H,6-9H2,1-2H3;9-10H,2-8,11H2,1H3,(H,15,16)/p+1. The van der Waals surface area contributed by atoms with E-state index in [1.807, 2.05) is 12.1 Å². The minimum Gasteiger partial charge on any atom is -0.477 e. The summed E-state index contributed by atoms with van der Waals surface area (Å²) in [7, 11) is 0. The number of pyridine rings is 1. The zero-order valence-corrected chi connectivity index (χ0v) is 22.2. The molecule has 0 radical (unpaired) electrons. The van der Waals surface area contributed by atoms with Crippen LogP contribution in [0.25, 0.3) is 0 Å². The van der Waals surface area contributed by atoms with E-state index in [0.29, 0.717) is 17.0 Å². The molecule has 2 unspecified atom stereocenters. The number of nitrogens with one attached hydrogen (secondary N) is 1. The minimum atomic E-state index is -0.718. The molecule has 5 heterocycles. The van der Waals surface area contributed by atoms with Crippen molar-refractivity contribution in [3.8, 4) is 0 Å². The first kappa shape index (κ1) is 25.2. The van der Waals surface area contributed by atoms with Gasteiger partial charge < -0.3 is 15.2 Å². The first-order valence-electron chi connectivity index (χ1n) is 14.0. The quantitative estimate of drug-likeness (QED) is 0.406. The van der Waals surface area contributed by atoms with Gasteiger partial charge in [-0.1, -0.05) is 57.4 Å². The van der Waals surface area contributed by atoms with Gasteiger partial charge in [-0.3, -0.25) is 4.48 Å². The third-order valence-electron chi connectivity index (χ3n) is 8.79. The number of anilines is 1. The van der Waals surface area contributed by atoms with Gasteiger partial charge in [0.2, 0.25) is 11.8 Å². The zero-order chi connectivity index (χ0) is 25.3. The summed E-state index contributed by atoms with van der Waals surface area (Å²) in [5.74, 6) is 0.987. The molecule has 2 atom stereocenters. The molecule has 1 spiro atoms. The maximum Gasteiger partial charge on any atom is 0.367 e. The van der Waals surface area contributed by atoms with Crippen molar-refractivity contribution < 1.29 is 19.1 Å². The van der Waals surface area contributed by atoms with Gasteiger partial charge in [0.15, 0.2) is 0 Å². The fourth-order valence-corrected chi connectivity index (χ4v) is 7.12. The van der Waals surface area contributed by atoms with Crippen LogP contribution in [-0.2, 0) is 34.5 Å². The molecule has 36 heavy (non-hydrogen) atoms. The molecular weight excluding hydrogens is 450 g/mol. The molecule has 1 aromatic carbocycles. The molecule has 6 nitrogen and oxygen atoms in total. The van der Waals surface area contributed by atoms with Crippen LogP contribution in [0.5, 0.6) is 0 Å². The number of nitrogens with zero attached hydrogens (tertiary/aromatic N) is 2. The first-order valence-corrected chi connectivity index (χ1v) is 14.0. The third kappa shape index (κ3) is 4.22. The molecule has 0 saturated carbocycles. The van der Waals surface area contributed by atoms with E-state index < -0.39 is 17.7 Å². The maximum absolute atomic E-state index is 11.9. The number of carbonyl (C=O) groups is 1. The molecule has 4 aliphatic heterocycles. The van der Waals surface area contributed by atoms with Crippen LogP contribution in [0.3, 0.4) is 0 Å². The SMILES string of the molecule is CC1C[N+]2(C1)C(C(=O)O)c1cccc3c1C2(C)OCC3.CCCCCCc1ccc2c(n1)NCCC2. The van der Waals surface area contributed by atoms with E-state index in [1.165, 1.54) is 55.3 Å². The van der Waals surface area contributed by atoms with Crippen molar-refractivity contribution in [1.29, 1.82) is 0 Å². The predicted molar refractivity (Wildman–Crippen MR) is 142 cm³/mol. The Hall–Kier alpha value is -2.44. The van der Waals surface area contributed by atoms with E-state index in [1.54, 1.807) is 0 Å². The number of hydrogen-bond acceptors (Lipinski definition) is 4. The second-order valence-corrected chi connectivity index (χ2v) is 11.4. The molecule has 0 bridgehead atoms. The summed E-state index contributed by atoms with van der Waals surface area (Å²) in [6.45, 7) is 10.1. The molecule has 2 N–H and O–H groups in total. The lowest BCUT2D eigenvalue weighted by Crippen LogP contribution is -2.71. The van der Waals surface area contributed by atoms with Gasteiger partial charge in [0.25, 0.3) is 0 Å². The van der Waals surface area contributed by atoms with Gasteiger partial charge in [-0.2, -0.15) is 0 Å². The Balaban J connectivity index is 0.000000152. The number of carboxylic acids is 1. The first-order chi connectivity index (χ1) is 17.4. The van der Waals surface area contributed by atoms with Crippen LogP contribution < -0.4 is 5.32 Å². The number of aryl methyl sites for hydroxylation is 2. The van der Waals surface area contributed by atoms with E-state index in [0.717, 1.165) is 49.4 Å². The number of aliphatic carboxylic acids is 1. The zero-order valence-electron chi connectivity index (χ0n) is 22.2. The summed E-state index contributed by atoms with van der Waals surface area (Å²) >= 11 is 0. The summed E-state index contributed by atoms with van der Waals surface area (Å²) in [6, 6.07) is 10.1. The normalized spacial score (nSPS) is 29.3. The molecule has 0 amide bonds. The van der Waals surface area contributed by atoms with Gasteiger partial charge in [-0.05, 0) is 49.3 Å². The number of ether oxygens (including phenoxy) is 1. The van der Waals surface area contributed by atoms with E-state index in [2.05, 4.69) is 44.3 Å². The lowest BCUT2D eigenvalue weighted by molar-refractivity contribution is -1.06. The van der Waals surface area contributed by atoms with Crippen molar-refractivity contribution in [2.24, 2.45) is 5.92 Å². The summed E-state index contributed by atoms with van der Waals surface area (Å²) in [5, 5.41) is 13.2. The molecule has 1 fully saturated rings. The van der Waals surface area contributed by atoms with Gasteiger partial charge in [-0.15, -0.1) is 0 Å². The average molecular weight is 493 g/mol. The fraction of sp³-hybridized carbons (Fsp3) is 0.600.